The molecular weight excluding hydrogens is 398 g/mol. The molecule has 1 aliphatic heterocycles. The number of hydrogen-bond acceptors (Lipinski definition) is 6. The summed E-state index contributed by atoms with van der Waals surface area (Å²) < 4.78 is 27.1. The lowest BCUT2D eigenvalue weighted by Gasteiger charge is -2.33. The first-order valence-corrected chi connectivity index (χ1v) is 9.51. The van der Waals surface area contributed by atoms with Crippen molar-refractivity contribution in [1.29, 1.82) is 0 Å². The van der Waals surface area contributed by atoms with Gasteiger partial charge in [0, 0.05) is 25.6 Å². The second-order valence-corrected chi connectivity index (χ2v) is 7.23. The Kier molecular flexibility index (Phi) is 6.43. The van der Waals surface area contributed by atoms with Crippen molar-refractivity contribution in [2.24, 2.45) is 5.92 Å². The van der Waals surface area contributed by atoms with E-state index in [4.69, 9.17) is 5.11 Å². The van der Waals surface area contributed by atoms with Crippen LogP contribution in [0.15, 0.2) is 18.2 Å². The zero-order chi connectivity index (χ0) is 21.8. The summed E-state index contributed by atoms with van der Waals surface area (Å²) in [6, 6.07) is 3.53. The molecule has 1 aliphatic rings. The van der Waals surface area contributed by atoms with E-state index in [0.717, 1.165) is 18.9 Å². The molecule has 3 rings (SSSR count). The number of amides is 1. The average molecular weight is 420 g/mol. The first kappa shape index (κ1) is 21.4. The molecule has 0 spiro atoms. The van der Waals surface area contributed by atoms with Crippen LogP contribution in [-0.2, 0) is 11.2 Å². The summed E-state index contributed by atoms with van der Waals surface area (Å²) in [5.74, 6) is -3.04. The Labute approximate surface area is 171 Å². The number of rotatable bonds is 6. The molecule has 1 aromatic carbocycles. The minimum Gasteiger partial charge on any atom is -0.504 e. The maximum Gasteiger partial charge on any atom is 0.322 e. The predicted molar refractivity (Wildman–Crippen MR) is 103 cm³/mol. The number of piperidine rings is 1. The fraction of sp³-hybridized carbons (Fsp3) is 0.400. The van der Waals surface area contributed by atoms with E-state index in [1.165, 1.54) is 19.1 Å². The summed E-state index contributed by atoms with van der Waals surface area (Å²) in [6.45, 7) is 2.11. The van der Waals surface area contributed by atoms with Gasteiger partial charge in [0.2, 0.25) is 0 Å². The standard InChI is InChI=1S/C20H22F2N4O4/c1-11-19(29)18(20(30)23-10-17(27)28)25-16(24-11)8-12-4-6-26(7-5-12)15-3-2-13(21)9-14(15)22/h2-3,9,12,29H,4-8,10H2,1H3,(H,23,30)(H,27,28). The van der Waals surface area contributed by atoms with Gasteiger partial charge in [-0.3, -0.25) is 9.59 Å². The summed E-state index contributed by atoms with van der Waals surface area (Å²) in [5, 5.41) is 20.9. The lowest BCUT2D eigenvalue weighted by atomic mass is 9.92. The number of aliphatic carboxylic acids is 1. The van der Waals surface area contributed by atoms with E-state index in [1.807, 2.05) is 4.90 Å². The zero-order valence-corrected chi connectivity index (χ0v) is 16.4. The highest BCUT2D eigenvalue weighted by Gasteiger charge is 2.24. The number of anilines is 1. The molecular formula is C20H22F2N4O4. The Bertz CT molecular complexity index is 962. The normalized spacial score (nSPS) is 14.6. The van der Waals surface area contributed by atoms with Gasteiger partial charge in [-0.25, -0.2) is 18.7 Å². The van der Waals surface area contributed by atoms with Crippen LogP contribution in [0.1, 0.15) is 34.8 Å². The maximum atomic E-state index is 14.0. The van der Waals surface area contributed by atoms with Gasteiger partial charge in [0.05, 0.1) is 11.4 Å². The van der Waals surface area contributed by atoms with E-state index < -0.39 is 30.1 Å². The number of carboxylic acid groups (broad SMARTS) is 1. The molecule has 0 unspecified atom stereocenters. The molecule has 2 aromatic rings. The number of benzene rings is 1. The van der Waals surface area contributed by atoms with E-state index in [2.05, 4.69) is 15.3 Å². The molecule has 0 aliphatic carbocycles. The molecule has 160 valence electrons. The first-order chi connectivity index (χ1) is 14.2. The van der Waals surface area contributed by atoms with E-state index in [1.54, 1.807) is 0 Å². The second-order valence-electron chi connectivity index (χ2n) is 7.23. The molecule has 8 nitrogen and oxygen atoms in total. The fourth-order valence-corrected chi connectivity index (χ4v) is 3.49. The van der Waals surface area contributed by atoms with Crippen molar-refractivity contribution in [2.45, 2.75) is 26.2 Å². The fourth-order valence-electron chi connectivity index (χ4n) is 3.49. The molecule has 0 bridgehead atoms. The van der Waals surface area contributed by atoms with Gasteiger partial charge in [0.15, 0.2) is 11.4 Å². The lowest BCUT2D eigenvalue weighted by molar-refractivity contribution is -0.135. The Balaban J connectivity index is 1.66. The Morgan fingerprint density at radius 1 is 1.23 bits per heavy atom. The predicted octanol–water partition coefficient (Wildman–Crippen LogP) is 2.04. The number of carboxylic acids is 1. The van der Waals surface area contributed by atoms with Gasteiger partial charge >= 0.3 is 5.97 Å². The summed E-state index contributed by atoms with van der Waals surface area (Å²) >= 11 is 0. The molecule has 2 heterocycles. The molecule has 1 amide bonds. The van der Waals surface area contributed by atoms with Gasteiger partial charge in [-0.1, -0.05) is 0 Å². The number of carbonyl (C=O) groups is 2. The molecule has 1 aromatic heterocycles. The van der Waals surface area contributed by atoms with E-state index in [0.29, 0.717) is 31.0 Å². The van der Waals surface area contributed by atoms with Crippen LogP contribution in [0.2, 0.25) is 0 Å². The first-order valence-electron chi connectivity index (χ1n) is 9.51. The number of hydrogen-bond donors (Lipinski definition) is 3. The highest BCUT2D eigenvalue weighted by atomic mass is 19.1. The number of nitrogens with zero attached hydrogens (tertiary/aromatic N) is 3. The van der Waals surface area contributed by atoms with Crippen molar-refractivity contribution in [1.82, 2.24) is 15.3 Å². The molecule has 3 N–H and O–H groups in total. The Morgan fingerprint density at radius 3 is 2.57 bits per heavy atom. The molecule has 0 atom stereocenters. The zero-order valence-electron chi connectivity index (χ0n) is 16.4. The van der Waals surface area contributed by atoms with Gasteiger partial charge < -0.3 is 20.4 Å². The van der Waals surface area contributed by atoms with Crippen LogP contribution in [0.5, 0.6) is 5.75 Å². The largest absolute Gasteiger partial charge is 0.504 e. The number of aromatic hydroxyl groups is 1. The Hall–Kier alpha value is -3.30. The third-order valence-electron chi connectivity index (χ3n) is 5.06. The summed E-state index contributed by atoms with van der Waals surface area (Å²) in [7, 11) is 0. The van der Waals surface area contributed by atoms with Gasteiger partial charge in [0.25, 0.3) is 5.91 Å². The minimum atomic E-state index is -1.21. The van der Waals surface area contributed by atoms with Crippen LogP contribution in [0.4, 0.5) is 14.5 Å². The quantitative estimate of drug-likeness (QED) is 0.655. The molecule has 1 saturated heterocycles. The van der Waals surface area contributed by atoms with Gasteiger partial charge in [-0.15, -0.1) is 0 Å². The van der Waals surface area contributed by atoms with Crippen LogP contribution in [0.3, 0.4) is 0 Å². The summed E-state index contributed by atoms with van der Waals surface area (Å²) in [4.78, 5) is 33.0. The summed E-state index contributed by atoms with van der Waals surface area (Å²) in [5.41, 5.74) is 0.333. The van der Waals surface area contributed by atoms with Crippen LogP contribution in [0, 0.1) is 24.5 Å². The number of aryl methyl sites for hydroxylation is 1. The molecule has 10 heteroatoms. The highest BCUT2D eigenvalue weighted by Crippen LogP contribution is 2.28. The third kappa shape index (κ3) is 5.00. The number of aromatic nitrogens is 2. The van der Waals surface area contributed by atoms with Crippen molar-refractivity contribution in [3.05, 3.63) is 47.0 Å². The molecule has 1 fully saturated rings. The van der Waals surface area contributed by atoms with Crippen LogP contribution >= 0.6 is 0 Å². The van der Waals surface area contributed by atoms with Crippen LogP contribution < -0.4 is 10.2 Å². The average Bonchev–Trinajstić information content (AvgIpc) is 2.69. The van der Waals surface area contributed by atoms with Crippen molar-refractivity contribution in [3.63, 3.8) is 0 Å². The number of carbonyl (C=O) groups excluding carboxylic acids is 1. The smallest absolute Gasteiger partial charge is 0.322 e. The summed E-state index contributed by atoms with van der Waals surface area (Å²) in [6.07, 6.45) is 1.90. The Morgan fingerprint density at radius 2 is 1.93 bits per heavy atom. The van der Waals surface area contributed by atoms with E-state index >= 15 is 0 Å². The van der Waals surface area contributed by atoms with Crippen LogP contribution in [0.25, 0.3) is 0 Å². The lowest BCUT2D eigenvalue weighted by Crippen LogP contribution is -2.35. The topological polar surface area (TPSA) is 116 Å². The van der Waals surface area contributed by atoms with Crippen molar-refractivity contribution >= 4 is 17.6 Å². The number of nitrogens with one attached hydrogen (secondary N) is 1. The SMILES string of the molecule is Cc1nc(CC2CCN(c3ccc(F)cc3F)CC2)nc(C(=O)NCC(=O)O)c1O. The van der Waals surface area contributed by atoms with Gasteiger partial charge in [-0.2, -0.15) is 0 Å². The van der Waals surface area contributed by atoms with E-state index in [-0.39, 0.29) is 23.1 Å². The van der Waals surface area contributed by atoms with Gasteiger partial charge in [-0.05, 0) is 37.8 Å². The molecule has 0 radical (unpaired) electrons. The van der Waals surface area contributed by atoms with Crippen LogP contribution in [-0.4, -0.2) is 51.7 Å². The van der Waals surface area contributed by atoms with E-state index in [9.17, 15) is 23.5 Å². The van der Waals surface area contributed by atoms with Gasteiger partial charge in [0.1, 0.15) is 24.0 Å². The molecule has 30 heavy (non-hydrogen) atoms. The third-order valence-corrected chi connectivity index (χ3v) is 5.06. The minimum absolute atomic E-state index is 0.184. The second kappa shape index (κ2) is 9.02. The monoisotopic (exact) mass is 420 g/mol. The number of halogens is 2. The van der Waals surface area contributed by atoms with Crippen molar-refractivity contribution < 1.29 is 28.6 Å². The van der Waals surface area contributed by atoms with Crippen molar-refractivity contribution in [3.8, 4) is 5.75 Å². The molecule has 0 saturated carbocycles. The maximum absolute atomic E-state index is 14.0. The highest BCUT2D eigenvalue weighted by molar-refractivity contribution is 5.96. The van der Waals surface area contributed by atoms with Crippen molar-refractivity contribution in [2.75, 3.05) is 24.5 Å².